The summed E-state index contributed by atoms with van der Waals surface area (Å²) in [6, 6.07) is 27.9. The fraction of sp³-hybridized carbons (Fsp3) is 0.0455. The molecule has 3 aromatic rings. The van der Waals surface area contributed by atoms with Crippen LogP contribution in [0.25, 0.3) is 5.70 Å². The zero-order chi connectivity index (χ0) is 17.5. The second kappa shape index (κ2) is 7.97. The first-order valence-corrected chi connectivity index (χ1v) is 8.06. The van der Waals surface area contributed by atoms with E-state index in [0.717, 1.165) is 28.2 Å². The van der Waals surface area contributed by atoms with Crippen molar-refractivity contribution in [3.8, 4) is 5.75 Å². The third-order valence-corrected chi connectivity index (χ3v) is 3.82. The van der Waals surface area contributed by atoms with E-state index in [0.29, 0.717) is 5.70 Å². The second-order valence-corrected chi connectivity index (χ2v) is 5.51. The first kappa shape index (κ1) is 16.5. The Morgan fingerprint density at radius 1 is 0.800 bits per heavy atom. The molecular weight excluding hydrogens is 308 g/mol. The molecular formula is C22H20N2O. The minimum atomic E-state index is 0.711. The number of ether oxygens (including phenoxy) is 1. The SMILES string of the molecule is C=C(NN=C(c1ccccc1)c1ccccc1)c1cccc(OC)c1. The Labute approximate surface area is 148 Å². The molecule has 0 aliphatic carbocycles. The Kier molecular flexibility index (Phi) is 5.27. The summed E-state index contributed by atoms with van der Waals surface area (Å²) in [6.07, 6.45) is 0. The Morgan fingerprint density at radius 2 is 1.36 bits per heavy atom. The maximum absolute atomic E-state index is 5.26. The van der Waals surface area contributed by atoms with Crippen molar-refractivity contribution < 1.29 is 4.74 Å². The van der Waals surface area contributed by atoms with Gasteiger partial charge in [0, 0.05) is 16.7 Å². The lowest BCUT2D eigenvalue weighted by molar-refractivity contribution is 0.414. The highest BCUT2D eigenvalue weighted by Gasteiger charge is 2.07. The average molecular weight is 328 g/mol. The van der Waals surface area contributed by atoms with Crippen LogP contribution in [0.4, 0.5) is 0 Å². The highest BCUT2D eigenvalue weighted by Crippen LogP contribution is 2.18. The van der Waals surface area contributed by atoms with Crippen LogP contribution in [0.2, 0.25) is 0 Å². The minimum absolute atomic E-state index is 0.711. The van der Waals surface area contributed by atoms with E-state index >= 15 is 0 Å². The third kappa shape index (κ3) is 4.15. The molecule has 0 unspecified atom stereocenters. The summed E-state index contributed by atoms with van der Waals surface area (Å²) in [5, 5.41) is 4.62. The topological polar surface area (TPSA) is 33.6 Å². The fourth-order valence-corrected chi connectivity index (χ4v) is 2.49. The van der Waals surface area contributed by atoms with Crippen LogP contribution < -0.4 is 10.2 Å². The van der Waals surface area contributed by atoms with Crippen LogP contribution in [0, 0.1) is 0 Å². The second-order valence-electron chi connectivity index (χ2n) is 5.51. The number of nitrogens with zero attached hydrogens (tertiary/aromatic N) is 1. The van der Waals surface area contributed by atoms with Crippen molar-refractivity contribution in [1.29, 1.82) is 0 Å². The number of hydrazone groups is 1. The van der Waals surface area contributed by atoms with Gasteiger partial charge in [-0.05, 0) is 12.1 Å². The molecule has 0 fully saturated rings. The van der Waals surface area contributed by atoms with Crippen LogP contribution in [0.3, 0.4) is 0 Å². The van der Waals surface area contributed by atoms with Gasteiger partial charge in [-0.2, -0.15) is 5.10 Å². The van der Waals surface area contributed by atoms with Gasteiger partial charge in [0.25, 0.3) is 0 Å². The van der Waals surface area contributed by atoms with Gasteiger partial charge in [-0.25, -0.2) is 0 Å². The molecule has 25 heavy (non-hydrogen) atoms. The molecule has 0 aliphatic heterocycles. The van der Waals surface area contributed by atoms with E-state index in [-0.39, 0.29) is 0 Å². The van der Waals surface area contributed by atoms with Crippen molar-refractivity contribution in [1.82, 2.24) is 5.43 Å². The van der Waals surface area contributed by atoms with Crippen LogP contribution in [-0.2, 0) is 0 Å². The van der Waals surface area contributed by atoms with Gasteiger partial charge in [-0.15, -0.1) is 0 Å². The third-order valence-electron chi connectivity index (χ3n) is 3.82. The van der Waals surface area contributed by atoms with Gasteiger partial charge in [0.2, 0.25) is 0 Å². The van der Waals surface area contributed by atoms with Gasteiger partial charge in [0.15, 0.2) is 0 Å². The summed E-state index contributed by atoms with van der Waals surface area (Å²) < 4.78 is 5.26. The summed E-state index contributed by atoms with van der Waals surface area (Å²) in [5.74, 6) is 0.788. The van der Waals surface area contributed by atoms with Crippen LogP contribution in [-0.4, -0.2) is 12.8 Å². The Morgan fingerprint density at radius 3 is 1.92 bits per heavy atom. The van der Waals surface area contributed by atoms with Crippen molar-refractivity contribution in [2.45, 2.75) is 0 Å². The Hall–Kier alpha value is -3.33. The predicted octanol–water partition coefficient (Wildman–Crippen LogP) is 4.71. The first-order chi connectivity index (χ1) is 12.3. The van der Waals surface area contributed by atoms with Crippen molar-refractivity contribution in [3.05, 3.63) is 108 Å². The number of rotatable bonds is 6. The summed E-state index contributed by atoms with van der Waals surface area (Å²) in [4.78, 5) is 0. The van der Waals surface area contributed by atoms with Crippen LogP contribution in [0.1, 0.15) is 16.7 Å². The lowest BCUT2D eigenvalue weighted by atomic mass is 10.0. The van der Waals surface area contributed by atoms with E-state index in [1.165, 1.54) is 0 Å². The number of benzene rings is 3. The van der Waals surface area contributed by atoms with E-state index in [4.69, 9.17) is 4.74 Å². The monoisotopic (exact) mass is 328 g/mol. The average Bonchev–Trinajstić information content (AvgIpc) is 2.69. The standard InChI is InChI=1S/C22H20N2O/c1-17(20-14-9-15-21(16-20)25-2)23-24-22(18-10-5-3-6-11-18)19-12-7-4-8-13-19/h3-16,23H,1H2,2H3. The van der Waals surface area contributed by atoms with E-state index in [2.05, 4.69) is 17.1 Å². The maximum Gasteiger partial charge on any atom is 0.119 e. The van der Waals surface area contributed by atoms with Crippen LogP contribution in [0.15, 0.2) is 96.6 Å². The lowest BCUT2D eigenvalue weighted by Crippen LogP contribution is -2.11. The lowest BCUT2D eigenvalue weighted by Gasteiger charge is -2.11. The van der Waals surface area contributed by atoms with Crippen molar-refractivity contribution in [3.63, 3.8) is 0 Å². The smallest absolute Gasteiger partial charge is 0.119 e. The molecule has 3 aromatic carbocycles. The normalized spacial score (nSPS) is 9.96. The molecule has 0 saturated carbocycles. The van der Waals surface area contributed by atoms with Crippen molar-refractivity contribution >= 4 is 11.4 Å². The molecule has 0 radical (unpaired) electrons. The summed E-state index contributed by atoms with van der Waals surface area (Å²) in [5.41, 5.74) is 7.68. The number of hydrogen-bond acceptors (Lipinski definition) is 3. The molecule has 0 saturated heterocycles. The van der Waals surface area contributed by atoms with Gasteiger partial charge in [-0.3, -0.25) is 5.43 Å². The van der Waals surface area contributed by atoms with E-state index in [1.54, 1.807) is 7.11 Å². The minimum Gasteiger partial charge on any atom is -0.497 e. The first-order valence-electron chi connectivity index (χ1n) is 8.06. The molecule has 0 bridgehead atoms. The highest BCUT2D eigenvalue weighted by atomic mass is 16.5. The van der Waals surface area contributed by atoms with Crippen LogP contribution in [0.5, 0.6) is 5.75 Å². The summed E-state index contributed by atoms with van der Waals surface area (Å²) in [6.45, 7) is 4.09. The van der Waals surface area contributed by atoms with E-state index < -0.39 is 0 Å². The molecule has 0 aliphatic rings. The van der Waals surface area contributed by atoms with Gasteiger partial charge in [-0.1, -0.05) is 79.4 Å². The summed E-state index contributed by atoms with van der Waals surface area (Å²) >= 11 is 0. The molecule has 0 atom stereocenters. The van der Waals surface area contributed by atoms with Crippen molar-refractivity contribution in [2.24, 2.45) is 5.10 Å². The zero-order valence-corrected chi connectivity index (χ0v) is 14.1. The molecule has 3 rings (SSSR count). The molecule has 0 spiro atoms. The Bertz CT molecular complexity index is 829. The number of nitrogens with one attached hydrogen (secondary N) is 1. The Balaban J connectivity index is 1.90. The van der Waals surface area contributed by atoms with Crippen molar-refractivity contribution in [2.75, 3.05) is 7.11 Å². The fourth-order valence-electron chi connectivity index (χ4n) is 2.49. The van der Waals surface area contributed by atoms with Gasteiger partial charge >= 0.3 is 0 Å². The maximum atomic E-state index is 5.26. The molecule has 1 N–H and O–H groups in total. The molecule has 3 nitrogen and oxygen atoms in total. The highest BCUT2D eigenvalue weighted by molar-refractivity contribution is 6.12. The molecule has 0 amide bonds. The summed E-state index contributed by atoms with van der Waals surface area (Å²) in [7, 11) is 1.65. The quantitative estimate of drug-likeness (QED) is 0.525. The molecule has 0 heterocycles. The molecule has 124 valence electrons. The molecule has 0 aromatic heterocycles. The van der Waals surface area contributed by atoms with Gasteiger partial charge in [0.1, 0.15) is 5.75 Å². The largest absolute Gasteiger partial charge is 0.497 e. The van der Waals surface area contributed by atoms with Crippen LogP contribution >= 0.6 is 0 Å². The van der Waals surface area contributed by atoms with E-state index in [1.807, 2.05) is 84.9 Å². The number of hydrogen-bond donors (Lipinski definition) is 1. The van der Waals surface area contributed by atoms with Gasteiger partial charge in [0.05, 0.1) is 18.5 Å². The van der Waals surface area contributed by atoms with Gasteiger partial charge < -0.3 is 4.74 Å². The van der Waals surface area contributed by atoms with E-state index in [9.17, 15) is 0 Å². The predicted molar refractivity (Wildman–Crippen MR) is 104 cm³/mol. The zero-order valence-electron chi connectivity index (χ0n) is 14.1. The molecule has 3 heteroatoms. The number of methoxy groups -OCH3 is 1.